The Morgan fingerprint density at radius 2 is 2.00 bits per heavy atom. The Bertz CT molecular complexity index is 562. The molecule has 0 saturated heterocycles. The Labute approximate surface area is 115 Å². The number of benzene rings is 1. The first kappa shape index (κ1) is 12.7. The number of hydrogen-bond acceptors (Lipinski definition) is 1. The van der Waals surface area contributed by atoms with Crippen LogP contribution in [0.5, 0.6) is 0 Å². The van der Waals surface area contributed by atoms with Crippen LogP contribution in [0.4, 0.5) is 0 Å². The monoisotopic (exact) mass is 256 g/mol. The molecule has 1 saturated carbocycles. The third kappa shape index (κ3) is 2.42. The molecule has 1 aromatic heterocycles. The number of hydrogen-bond donors (Lipinski definition) is 2. The number of nitrogens with one attached hydrogen (secondary N) is 1. The summed E-state index contributed by atoms with van der Waals surface area (Å²) in [6.07, 6.45) is 10.0. The molecule has 0 aliphatic heterocycles. The molecule has 1 aliphatic carbocycles. The van der Waals surface area contributed by atoms with Gasteiger partial charge in [0.25, 0.3) is 0 Å². The molecule has 1 aromatic carbocycles. The molecule has 2 nitrogen and oxygen atoms in total. The second-order valence-corrected chi connectivity index (χ2v) is 5.95. The van der Waals surface area contributed by atoms with Crippen LogP contribution in [-0.4, -0.2) is 11.5 Å². The molecule has 19 heavy (non-hydrogen) atoms. The maximum atomic E-state index is 5.72. The lowest BCUT2D eigenvalue weighted by atomic mass is 9.83. The van der Waals surface area contributed by atoms with Gasteiger partial charge in [-0.1, -0.05) is 25.3 Å². The fourth-order valence-corrected chi connectivity index (χ4v) is 3.53. The van der Waals surface area contributed by atoms with Gasteiger partial charge in [0.2, 0.25) is 0 Å². The van der Waals surface area contributed by atoms with Crippen LogP contribution in [0.25, 0.3) is 10.9 Å². The molecular formula is C17H24N2. The molecule has 0 amide bonds. The second kappa shape index (κ2) is 5.38. The summed E-state index contributed by atoms with van der Waals surface area (Å²) >= 11 is 0. The first-order chi connectivity index (χ1) is 9.29. The summed E-state index contributed by atoms with van der Waals surface area (Å²) in [6, 6.07) is 4.81. The smallest absolute Gasteiger partial charge is 0.0486 e. The number of fused-ring (bicyclic) bond motifs is 1. The Hall–Kier alpha value is -1.28. The van der Waals surface area contributed by atoms with Crippen molar-refractivity contribution in [1.29, 1.82) is 0 Å². The average Bonchev–Trinajstić information content (AvgIpc) is 2.84. The van der Waals surface area contributed by atoms with Crippen LogP contribution in [0, 0.1) is 6.92 Å². The molecule has 2 heteroatoms. The van der Waals surface area contributed by atoms with Crippen LogP contribution in [0.1, 0.15) is 54.7 Å². The Morgan fingerprint density at radius 1 is 1.21 bits per heavy atom. The number of aromatic nitrogens is 1. The quantitative estimate of drug-likeness (QED) is 0.855. The number of H-pyrrole nitrogens is 1. The maximum absolute atomic E-state index is 5.72. The second-order valence-electron chi connectivity index (χ2n) is 5.95. The maximum Gasteiger partial charge on any atom is 0.0486 e. The fourth-order valence-electron chi connectivity index (χ4n) is 3.53. The normalized spacial score (nSPS) is 17.2. The summed E-state index contributed by atoms with van der Waals surface area (Å²) in [5.74, 6) is 0.775. The molecule has 0 radical (unpaired) electrons. The van der Waals surface area contributed by atoms with Crippen molar-refractivity contribution >= 4 is 10.9 Å². The van der Waals surface area contributed by atoms with Gasteiger partial charge in [0, 0.05) is 17.1 Å². The molecule has 1 aliphatic rings. The zero-order chi connectivity index (χ0) is 13.2. The molecule has 1 heterocycles. The Morgan fingerprint density at radius 3 is 2.74 bits per heavy atom. The molecule has 0 spiro atoms. The van der Waals surface area contributed by atoms with Crippen molar-refractivity contribution in [2.45, 2.75) is 51.4 Å². The summed E-state index contributed by atoms with van der Waals surface area (Å²) in [6.45, 7) is 2.94. The van der Waals surface area contributed by atoms with Gasteiger partial charge in [0.1, 0.15) is 0 Å². The van der Waals surface area contributed by atoms with Crippen LogP contribution in [-0.2, 0) is 6.42 Å². The van der Waals surface area contributed by atoms with Gasteiger partial charge < -0.3 is 10.7 Å². The highest BCUT2D eigenvalue weighted by atomic mass is 14.7. The minimum Gasteiger partial charge on any atom is -0.361 e. The summed E-state index contributed by atoms with van der Waals surface area (Å²) in [7, 11) is 0. The lowest BCUT2D eigenvalue weighted by Gasteiger charge is -2.22. The van der Waals surface area contributed by atoms with Crippen molar-refractivity contribution in [1.82, 2.24) is 4.98 Å². The number of aromatic amines is 1. The predicted molar refractivity (Wildman–Crippen MR) is 81.6 cm³/mol. The lowest BCUT2D eigenvalue weighted by Crippen LogP contribution is -2.05. The van der Waals surface area contributed by atoms with Gasteiger partial charge in [0.05, 0.1) is 0 Å². The van der Waals surface area contributed by atoms with Gasteiger partial charge in [-0.3, -0.25) is 0 Å². The summed E-state index contributed by atoms with van der Waals surface area (Å²) in [4.78, 5) is 3.42. The van der Waals surface area contributed by atoms with Crippen molar-refractivity contribution in [3.05, 3.63) is 35.0 Å². The molecular weight excluding hydrogens is 232 g/mol. The van der Waals surface area contributed by atoms with E-state index in [1.54, 1.807) is 5.56 Å². The van der Waals surface area contributed by atoms with Crippen molar-refractivity contribution in [3.63, 3.8) is 0 Å². The lowest BCUT2D eigenvalue weighted by molar-refractivity contribution is 0.444. The first-order valence-electron chi connectivity index (χ1n) is 7.60. The van der Waals surface area contributed by atoms with Gasteiger partial charge >= 0.3 is 0 Å². The topological polar surface area (TPSA) is 41.8 Å². The Balaban J connectivity index is 2.03. The zero-order valence-corrected chi connectivity index (χ0v) is 11.8. The highest BCUT2D eigenvalue weighted by Crippen LogP contribution is 2.35. The highest BCUT2D eigenvalue weighted by Gasteiger charge is 2.17. The summed E-state index contributed by atoms with van der Waals surface area (Å²) in [5.41, 5.74) is 11.3. The molecule has 0 unspecified atom stereocenters. The molecule has 3 rings (SSSR count). The van der Waals surface area contributed by atoms with E-state index < -0.39 is 0 Å². The van der Waals surface area contributed by atoms with Gasteiger partial charge in [0.15, 0.2) is 0 Å². The molecule has 0 atom stereocenters. The van der Waals surface area contributed by atoms with Crippen molar-refractivity contribution in [2.24, 2.45) is 5.73 Å². The van der Waals surface area contributed by atoms with Crippen LogP contribution in [0.3, 0.4) is 0 Å². The molecule has 2 aromatic rings. The third-order valence-electron chi connectivity index (χ3n) is 4.58. The van der Waals surface area contributed by atoms with Crippen LogP contribution < -0.4 is 5.73 Å². The number of rotatable bonds is 3. The highest BCUT2D eigenvalue weighted by molar-refractivity contribution is 5.86. The minimum absolute atomic E-state index is 0.722. The first-order valence-corrected chi connectivity index (χ1v) is 7.60. The van der Waals surface area contributed by atoms with Crippen LogP contribution in [0.15, 0.2) is 18.3 Å². The standard InChI is InChI=1S/C17H24N2/c1-12-9-15(13-5-3-2-4-6-13)10-16-14(7-8-18)11-19-17(12)16/h9-11,13,19H,2-8,18H2,1H3. The van der Waals surface area contributed by atoms with Gasteiger partial charge in [-0.15, -0.1) is 0 Å². The van der Waals surface area contributed by atoms with Crippen LogP contribution >= 0.6 is 0 Å². The van der Waals surface area contributed by atoms with E-state index in [0.717, 1.165) is 18.9 Å². The SMILES string of the molecule is Cc1cc(C2CCCCC2)cc2c(CCN)c[nH]c12. The Kier molecular flexibility index (Phi) is 3.61. The van der Waals surface area contributed by atoms with E-state index in [-0.39, 0.29) is 0 Å². The van der Waals surface area contributed by atoms with E-state index in [2.05, 4.69) is 30.2 Å². The number of nitrogens with two attached hydrogens (primary N) is 1. The van der Waals surface area contributed by atoms with Gasteiger partial charge in [-0.25, -0.2) is 0 Å². The largest absolute Gasteiger partial charge is 0.361 e. The van der Waals surface area contributed by atoms with E-state index in [1.165, 1.54) is 54.1 Å². The van der Waals surface area contributed by atoms with E-state index in [0.29, 0.717) is 0 Å². The van der Waals surface area contributed by atoms with Crippen molar-refractivity contribution < 1.29 is 0 Å². The minimum atomic E-state index is 0.722. The summed E-state index contributed by atoms with van der Waals surface area (Å²) < 4.78 is 0. The fraction of sp³-hybridized carbons (Fsp3) is 0.529. The van der Waals surface area contributed by atoms with E-state index in [1.807, 2.05) is 0 Å². The molecule has 0 bridgehead atoms. The van der Waals surface area contributed by atoms with E-state index in [9.17, 15) is 0 Å². The van der Waals surface area contributed by atoms with Crippen LogP contribution in [0.2, 0.25) is 0 Å². The molecule has 1 fully saturated rings. The molecule has 102 valence electrons. The number of aryl methyl sites for hydroxylation is 1. The van der Waals surface area contributed by atoms with Gasteiger partial charge in [-0.2, -0.15) is 0 Å². The molecule has 3 N–H and O–H groups in total. The summed E-state index contributed by atoms with van der Waals surface area (Å²) in [5, 5.41) is 1.39. The third-order valence-corrected chi connectivity index (χ3v) is 4.58. The van der Waals surface area contributed by atoms with Crippen molar-refractivity contribution in [3.8, 4) is 0 Å². The van der Waals surface area contributed by atoms with Crippen molar-refractivity contribution in [2.75, 3.05) is 6.54 Å². The van der Waals surface area contributed by atoms with E-state index >= 15 is 0 Å². The van der Waals surface area contributed by atoms with E-state index in [4.69, 9.17) is 5.73 Å². The average molecular weight is 256 g/mol. The van der Waals surface area contributed by atoms with Gasteiger partial charge in [-0.05, 0) is 61.4 Å². The predicted octanol–water partition coefficient (Wildman–Crippen LogP) is 4.03. The zero-order valence-electron chi connectivity index (χ0n) is 11.8.